The average Bonchev–Trinajstić information content (AvgIpc) is 4.06. The predicted molar refractivity (Wildman–Crippen MR) is 343 cm³/mol. The van der Waals surface area contributed by atoms with E-state index in [9.17, 15) is 0 Å². The lowest BCUT2D eigenvalue weighted by Crippen LogP contribution is -2.60. The van der Waals surface area contributed by atoms with Gasteiger partial charge in [0.05, 0.1) is 16.7 Å². The first kappa shape index (κ1) is 49.3. The van der Waals surface area contributed by atoms with Gasteiger partial charge < -0.3 is 18.2 Å². The molecule has 0 N–H and O–H groups in total. The monoisotopic (exact) mass is 1060 g/mol. The van der Waals surface area contributed by atoms with E-state index < -0.39 is 0 Å². The van der Waals surface area contributed by atoms with Gasteiger partial charge in [0.1, 0.15) is 22.4 Å². The lowest BCUT2D eigenvalue weighted by atomic mass is 9.46. The highest BCUT2D eigenvalue weighted by Crippen LogP contribution is 2.51. The summed E-state index contributed by atoms with van der Waals surface area (Å²) in [7, 11) is 0. The maximum absolute atomic E-state index is 7.45. The first-order valence-electron chi connectivity index (χ1n) is 28.8. The highest BCUT2D eigenvalue weighted by atomic mass is 32.1. The van der Waals surface area contributed by atoms with E-state index in [0.29, 0.717) is 0 Å². The molecule has 6 heterocycles. The third-order valence-electron chi connectivity index (χ3n) is 18.0. The van der Waals surface area contributed by atoms with E-state index in [-0.39, 0.29) is 34.4 Å². The second kappa shape index (κ2) is 16.9. The van der Waals surface area contributed by atoms with Gasteiger partial charge in [-0.15, -0.1) is 11.3 Å². The molecule has 0 saturated heterocycles. The molecule has 0 aliphatic carbocycles. The minimum atomic E-state index is -0.256. The molecular formula is C74H67BN2O2S. The lowest BCUT2D eigenvalue weighted by molar-refractivity contribution is 0.589. The standard InChI is InChI=1S/C74H67BN2O2S/c1-71(2,3)45-22-18-43(19-23-45)54(44-20-24-46(25-21-44)72(4,5)6)35-42-17-31-51-58-38-55-52-32-33-53-56-40-64-57(50-15-13-14-16-62(50)78-64)39-60(56)76-68(53)67(52)75(70-69(76)59-37-48(74(10,11)12)28-34-63(59)79-70)77(61(55)41-66(58)80-65(51)36-42)49-29-26-47(27-30-49)73(7,8)9/h13-34,36-41,54H,35H2,1-12H3. The van der Waals surface area contributed by atoms with Crippen LogP contribution < -0.4 is 15.9 Å². The Morgan fingerprint density at radius 1 is 0.450 bits per heavy atom. The summed E-state index contributed by atoms with van der Waals surface area (Å²) in [6.45, 7) is 27.4. The van der Waals surface area contributed by atoms with Gasteiger partial charge in [-0.1, -0.05) is 192 Å². The molecule has 4 aromatic heterocycles. The molecule has 0 unspecified atom stereocenters. The number of anilines is 2. The van der Waals surface area contributed by atoms with E-state index >= 15 is 0 Å². The van der Waals surface area contributed by atoms with Crippen molar-refractivity contribution in [3.63, 3.8) is 0 Å². The average molecular weight is 1060 g/mol. The molecule has 9 aromatic carbocycles. The van der Waals surface area contributed by atoms with Crippen LogP contribution >= 0.6 is 11.3 Å². The Labute approximate surface area is 473 Å². The van der Waals surface area contributed by atoms with Crippen molar-refractivity contribution in [1.82, 2.24) is 4.57 Å². The van der Waals surface area contributed by atoms with Crippen molar-refractivity contribution in [2.75, 3.05) is 4.81 Å². The first-order valence-corrected chi connectivity index (χ1v) is 29.6. The number of fused-ring (bicyclic) bond motifs is 16. The Morgan fingerprint density at radius 3 is 1.71 bits per heavy atom. The molecule has 6 heteroatoms. The van der Waals surface area contributed by atoms with Crippen LogP contribution in [0.25, 0.3) is 91.7 Å². The van der Waals surface area contributed by atoms with Crippen LogP contribution in [-0.4, -0.2) is 11.4 Å². The Kier molecular flexibility index (Phi) is 10.4. The minimum Gasteiger partial charge on any atom is -0.466 e. The van der Waals surface area contributed by atoms with E-state index in [1.165, 1.54) is 97.7 Å². The number of hydrogen-bond acceptors (Lipinski definition) is 4. The zero-order chi connectivity index (χ0) is 55.1. The van der Waals surface area contributed by atoms with E-state index in [0.717, 1.165) is 61.9 Å². The largest absolute Gasteiger partial charge is 0.466 e. The van der Waals surface area contributed by atoms with Crippen LogP contribution in [0.5, 0.6) is 0 Å². The second-order valence-electron chi connectivity index (χ2n) is 27.4. The van der Waals surface area contributed by atoms with Gasteiger partial charge in [-0.2, -0.15) is 0 Å². The summed E-state index contributed by atoms with van der Waals surface area (Å²) in [5.74, 6) is 0.207. The number of aromatic nitrogens is 1. The van der Waals surface area contributed by atoms with Gasteiger partial charge >= 0.3 is 6.85 Å². The Balaban J connectivity index is 0.956. The van der Waals surface area contributed by atoms with E-state index in [2.05, 4.69) is 262 Å². The topological polar surface area (TPSA) is 34.5 Å². The zero-order valence-electron chi connectivity index (χ0n) is 48.1. The highest BCUT2D eigenvalue weighted by molar-refractivity contribution is 7.25. The SMILES string of the molecule is CC(C)(C)c1ccc(C(Cc2ccc3c(c2)sc2cc4c(cc23)-c2ccc3c5cc6oc7ccccc7c6cc5n5c3c2B(c2oc3ccc(C(C)(C)C)cc3c2-5)N4c2ccc(C(C)(C)C)cc2)c2ccc(C(C)(C)C)cc2)cc1. The minimum absolute atomic E-state index is 0.0000674. The molecule has 13 aromatic rings. The Morgan fingerprint density at radius 2 is 1.05 bits per heavy atom. The summed E-state index contributed by atoms with van der Waals surface area (Å²) >= 11 is 1.92. The van der Waals surface area contributed by atoms with E-state index in [4.69, 9.17) is 8.83 Å². The molecule has 15 rings (SSSR count). The molecule has 80 heavy (non-hydrogen) atoms. The van der Waals surface area contributed by atoms with Gasteiger partial charge in [0.15, 0.2) is 0 Å². The predicted octanol–water partition coefficient (Wildman–Crippen LogP) is 19.6. The molecule has 394 valence electrons. The number of nitrogens with zero attached hydrogens (tertiary/aromatic N) is 2. The van der Waals surface area contributed by atoms with Crippen LogP contribution in [0.4, 0.5) is 11.4 Å². The van der Waals surface area contributed by atoms with Crippen LogP contribution in [0.2, 0.25) is 0 Å². The van der Waals surface area contributed by atoms with E-state index in [1.807, 2.05) is 11.3 Å². The maximum Gasteiger partial charge on any atom is 0.375 e. The summed E-state index contributed by atoms with van der Waals surface area (Å²) in [6.07, 6.45) is 0.903. The van der Waals surface area contributed by atoms with Gasteiger partial charge in [0, 0.05) is 70.0 Å². The van der Waals surface area contributed by atoms with Crippen molar-refractivity contribution in [2.45, 2.75) is 117 Å². The maximum atomic E-state index is 7.45. The molecule has 0 spiro atoms. The number of para-hydroxylation sites is 1. The molecule has 0 atom stereocenters. The van der Waals surface area contributed by atoms with Crippen molar-refractivity contribution >= 4 is 116 Å². The van der Waals surface area contributed by atoms with Crippen LogP contribution in [0.1, 0.15) is 128 Å². The normalized spacial score (nSPS) is 13.9. The summed E-state index contributed by atoms with van der Waals surface area (Å²) < 4.78 is 19.2. The van der Waals surface area contributed by atoms with Gasteiger partial charge in [-0.05, 0) is 139 Å². The zero-order valence-corrected chi connectivity index (χ0v) is 49.0. The molecule has 0 bridgehead atoms. The molecule has 4 nitrogen and oxygen atoms in total. The fraction of sp³-hybridized carbons (Fsp3) is 0.243. The van der Waals surface area contributed by atoms with Crippen LogP contribution in [0, 0.1) is 0 Å². The molecule has 2 aliphatic rings. The molecule has 0 radical (unpaired) electrons. The van der Waals surface area contributed by atoms with Crippen molar-refractivity contribution in [2.24, 2.45) is 0 Å². The van der Waals surface area contributed by atoms with Gasteiger partial charge in [0.2, 0.25) is 0 Å². The third kappa shape index (κ3) is 7.47. The van der Waals surface area contributed by atoms with E-state index in [1.54, 1.807) is 0 Å². The number of rotatable bonds is 5. The van der Waals surface area contributed by atoms with Crippen LogP contribution in [-0.2, 0) is 28.1 Å². The Bertz CT molecular complexity index is 4650. The quantitative estimate of drug-likeness (QED) is 0.161. The summed E-state index contributed by atoms with van der Waals surface area (Å²) in [5, 5.41) is 8.36. The fourth-order valence-corrected chi connectivity index (χ4v) is 14.7. The van der Waals surface area contributed by atoms with Gasteiger partial charge in [-0.25, -0.2) is 0 Å². The second-order valence-corrected chi connectivity index (χ2v) is 28.4. The summed E-state index contributed by atoms with van der Waals surface area (Å²) in [5.41, 5.74) is 22.7. The molecule has 2 aliphatic heterocycles. The molecular weight excluding hydrogens is 992 g/mol. The smallest absolute Gasteiger partial charge is 0.375 e. The van der Waals surface area contributed by atoms with Crippen molar-refractivity contribution in [3.05, 3.63) is 209 Å². The number of hydrogen-bond donors (Lipinski definition) is 0. The van der Waals surface area contributed by atoms with Crippen molar-refractivity contribution in [3.8, 4) is 16.8 Å². The number of thiophene rings is 1. The lowest BCUT2D eigenvalue weighted by Gasteiger charge is -2.40. The van der Waals surface area contributed by atoms with Crippen LogP contribution in [0.3, 0.4) is 0 Å². The fourth-order valence-electron chi connectivity index (χ4n) is 13.5. The van der Waals surface area contributed by atoms with Gasteiger partial charge in [0.25, 0.3) is 0 Å². The van der Waals surface area contributed by atoms with Crippen molar-refractivity contribution < 1.29 is 8.83 Å². The summed E-state index contributed by atoms with van der Waals surface area (Å²) in [6, 6.07) is 65.3. The number of benzene rings is 9. The van der Waals surface area contributed by atoms with Gasteiger partial charge in [-0.3, -0.25) is 0 Å². The third-order valence-corrected chi connectivity index (χ3v) is 19.2. The highest BCUT2D eigenvalue weighted by Gasteiger charge is 2.47. The van der Waals surface area contributed by atoms with Crippen LogP contribution in [0.15, 0.2) is 179 Å². The number of furan rings is 2. The molecule has 0 amide bonds. The molecule has 0 fully saturated rings. The molecule has 0 saturated carbocycles. The van der Waals surface area contributed by atoms with Crippen molar-refractivity contribution in [1.29, 1.82) is 0 Å². The first-order chi connectivity index (χ1) is 38.2. The summed E-state index contributed by atoms with van der Waals surface area (Å²) in [4.78, 5) is 2.62. The Hall–Kier alpha value is -7.80.